The average Bonchev–Trinajstić information content (AvgIpc) is 2.43. The molecule has 0 saturated heterocycles. The number of aliphatic hydroxyl groups is 1. The molecule has 0 saturated carbocycles. The average molecular weight is 298 g/mol. The number of alkyl halides is 3. The van der Waals surface area contributed by atoms with Gasteiger partial charge in [0.25, 0.3) is 0 Å². The highest BCUT2D eigenvalue weighted by atomic mass is 19.4. The molecule has 5 heteroatoms. The Bertz CT molecular complexity index is 533. The molecule has 1 unspecified atom stereocenters. The van der Waals surface area contributed by atoms with E-state index in [1.54, 1.807) is 31.2 Å². The molecule has 0 aromatic heterocycles. The van der Waals surface area contributed by atoms with Crippen molar-refractivity contribution in [2.45, 2.75) is 32.0 Å². The van der Waals surface area contributed by atoms with E-state index >= 15 is 0 Å². The molecular weight excluding hydrogens is 281 g/mol. The van der Waals surface area contributed by atoms with Crippen molar-refractivity contribution in [3.05, 3.63) is 41.5 Å². The molecule has 0 bridgehead atoms. The Labute approximate surface area is 122 Å². The molecule has 1 aromatic carbocycles. The number of aliphatic hydroxyl groups excluding tert-OH is 1. The smallest absolute Gasteiger partial charge is 0.423 e. The third kappa shape index (κ3) is 5.92. The van der Waals surface area contributed by atoms with Gasteiger partial charge in [0, 0.05) is 5.56 Å². The number of allylic oxidation sites excluding steroid dienone is 1. The summed E-state index contributed by atoms with van der Waals surface area (Å²) in [5.74, 6) is 5.14. The zero-order valence-electron chi connectivity index (χ0n) is 11.9. The largest absolute Gasteiger partial charge is 0.497 e. The van der Waals surface area contributed by atoms with Gasteiger partial charge in [-0.05, 0) is 36.8 Å². The molecular formula is C16H17F3O2. The number of hydrogen-bond donors (Lipinski definition) is 1. The van der Waals surface area contributed by atoms with Gasteiger partial charge in [0.05, 0.1) is 13.2 Å². The van der Waals surface area contributed by atoms with E-state index in [1.165, 1.54) is 7.11 Å². The van der Waals surface area contributed by atoms with E-state index in [-0.39, 0.29) is 6.42 Å². The first-order chi connectivity index (χ1) is 9.86. The van der Waals surface area contributed by atoms with Gasteiger partial charge in [-0.25, -0.2) is 0 Å². The molecule has 21 heavy (non-hydrogen) atoms. The second kappa shape index (κ2) is 7.75. The van der Waals surface area contributed by atoms with Crippen molar-refractivity contribution >= 4 is 0 Å². The third-order valence-corrected chi connectivity index (χ3v) is 2.68. The Morgan fingerprint density at radius 1 is 1.33 bits per heavy atom. The summed E-state index contributed by atoms with van der Waals surface area (Å²) in [6.07, 6.45) is -4.09. The maximum atomic E-state index is 12.8. The number of ether oxygens (including phenoxy) is 1. The first kappa shape index (κ1) is 17.1. The standard InChI is InChI=1S/C16H17F3O2/c1-3-4-14(20)11-13(16(17,18)19)8-5-12-6-9-15(21-2)10-7-12/h6-7,9-11,14,20H,3-4H2,1-2H3/b13-11+. The van der Waals surface area contributed by atoms with Crippen LogP contribution in [-0.2, 0) is 0 Å². The summed E-state index contributed by atoms with van der Waals surface area (Å²) in [7, 11) is 1.50. The molecule has 1 rings (SSSR count). The molecule has 0 aliphatic heterocycles. The van der Waals surface area contributed by atoms with Crippen molar-refractivity contribution in [3.8, 4) is 17.6 Å². The molecule has 1 atom stereocenters. The summed E-state index contributed by atoms with van der Waals surface area (Å²) in [6, 6.07) is 6.38. The van der Waals surface area contributed by atoms with Crippen LogP contribution in [-0.4, -0.2) is 24.5 Å². The third-order valence-electron chi connectivity index (χ3n) is 2.68. The van der Waals surface area contributed by atoms with Gasteiger partial charge in [-0.15, -0.1) is 0 Å². The van der Waals surface area contributed by atoms with E-state index in [0.717, 1.165) is 6.08 Å². The summed E-state index contributed by atoms with van der Waals surface area (Å²) >= 11 is 0. The van der Waals surface area contributed by atoms with Crippen LogP contribution in [0.2, 0.25) is 0 Å². The number of methoxy groups -OCH3 is 1. The lowest BCUT2D eigenvalue weighted by Crippen LogP contribution is -2.14. The first-order valence-corrected chi connectivity index (χ1v) is 6.50. The number of rotatable bonds is 4. The highest BCUT2D eigenvalue weighted by Crippen LogP contribution is 2.26. The van der Waals surface area contributed by atoms with Gasteiger partial charge < -0.3 is 9.84 Å². The van der Waals surface area contributed by atoms with Crippen LogP contribution in [0.1, 0.15) is 25.3 Å². The molecule has 0 aliphatic rings. The van der Waals surface area contributed by atoms with Crippen LogP contribution < -0.4 is 4.74 Å². The highest BCUT2D eigenvalue weighted by Gasteiger charge is 2.33. The fourth-order valence-corrected chi connectivity index (χ4v) is 1.59. The topological polar surface area (TPSA) is 29.5 Å². The highest BCUT2D eigenvalue weighted by molar-refractivity contribution is 5.44. The first-order valence-electron chi connectivity index (χ1n) is 6.50. The summed E-state index contributed by atoms with van der Waals surface area (Å²) in [5.41, 5.74) is -0.588. The van der Waals surface area contributed by atoms with Crippen molar-refractivity contribution in [2.75, 3.05) is 7.11 Å². The number of benzene rings is 1. The molecule has 0 amide bonds. The second-order valence-corrected chi connectivity index (χ2v) is 4.41. The van der Waals surface area contributed by atoms with Crippen molar-refractivity contribution in [1.29, 1.82) is 0 Å². The molecule has 0 spiro atoms. The Kier molecular flexibility index (Phi) is 6.32. The molecule has 114 valence electrons. The fourth-order valence-electron chi connectivity index (χ4n) is 1.59. The lowest BCUT2D eigenvalue weighted by Gasteiger charge is -2.08. The minimum Gasteiger partial charge on any atom is -0.497 e. The number of hydrogen-bond acceptors (Lipinski definition) is 2. The van der Waals surface area contributed by atoms with Gasteiger partial charge in [0.15, 0.2) is 0 Å². The number of halogens is 3. The zero-order valence-corrected chi connectivity index (χ0v) is 11.9. The van der Waals surface area contributed by atoms with Gasteiger partial charge in [-0.2, -0.15) is 13.2 Å². The molecule has 0 radical (unpaired) electrons. The predicted octanol–water partition coefficient (Wildman–Crippen LogP) is 3.70. The predicted molar refractivity (Wildman–Crippen MR) is 74.9 cm³/mol. The van der Waals surface area contributed by atoms with E-state index in [4.69, 9.17) is 4.74 Å². The van der Waals surface area contributed by atoms with Crippen LogP contribution in [0.3, 0.4) is 0 Å². The van der Waals surface area contributed by atoms with E-state index in [9.17, 15) is 18.3 Å². The van der Waals surface area contributed by atoms with Crippen LogP contribution in [0.5, 0.6) is 5.75 Å². The van der Waals surface area contributed by atoms with Crippen LogP contribution >= 0.6 is 0 Å². The molecule has 1 aromatic rings. The van der Waals surface area contributed by atoms with Crippen molar-refractivity contribution in [3.63, 3.8) is 0 Å². The summed E-state index contributed by atoms with van der Waals surface area (Å²) in [4.78, 5) is 0. The monoisotopic (exact) mass is 298 g/mol. The van der Waals surface area contributed by atoms with Crippen LogP contribution in [0.25, 0.3) is 0 Å². The van der Waals surface area contributed by atoms with Gasteiger partial charge in [0.2, 0.25) is 0 Å². The minimum atomic E-state index is -4.58. The van der Waals surface area contributed by atoms with Crippen LogP contribution in [0.15, 0.2) is 35.9 Å². The van der Waals surface area contributed by atoms with Gasteiger partial charge in [-0.1, -0.05) is 25.2 Å². The van der Waals surface area contributed by atoms with E-state index in [1.807, 2.05) is 0 Å². The SMILES string of the molecule is CCCC(O)/C=C(\C#Cc1ccc(OC)cc1)C(F)(F)F. The summed E-state index contributed by atoms with van der Waals surface area (Å²) < 4.78 is 43.5. The maximum absolute atomic E-state index is 12.8. The molecule has 0 aliphatic carbocycles. The lowest BCUT2D eigenvalue weighted by molar-refractivity contribution is -0.0880. The summed E-state index contributed by atoms with van der Waals surface area (Å²) in [5, 5.41) is 9.49. The maximum Gasteiger partial charge on any atom is 0.423 e. The molecule has 1 N–H and O–H groups in total. The fraction of sp³-hybridized carbons (Fsp3) is 0.375. The van der Waals surface area contributed by atoms with E-state index < -0.39 is 17.9 Å². The zero-order chi connectivity index (χ0) is 15.9. The second-order valence-electron chi connectivity index (χ2n) is 4.41. The Morgan fingerprint density at radius 2 is 1.95 bits per heavy atom. The van der Waals surface area contributed by atoms with E-state index in [2.05, 4.69) is 11.8 Å². The van der Waals surface area contributed by atoms with Gasteiger partial charge in [-0.3, -0.25) is 0 Å². The minimum absolute atomic E-state index is 0.268. The van der Waals surface area contributed by atoms with Crippen LogP contribution in [0, 0.1) is 11.8 Å². The lowest BCUT2D eigenvalue weighted by atomic mass is 10.1. The molecule has 0 fully saturated rings. The van der Waals surface area contributed by atoms with Gasteiger partial charge >= 0.3 is 6.18 Å². The van der Waals surface area contributed by atoms with Crippen molar-refractivity contribution in [2.24, 2.45) is 0 Å². The Morgan fingerprint density at radius 3 is 2.43 bits per heavy atom. The summed E-state index contributed by atoms with van der Waals surface area (Å²) in [6.45, 7) is 1.79. The Hall–Kier alpha value is -1.93. The van der Waals surface area contributed by atoms with Crippen LogP contribution in [0.4, 0.5) is 13.2 Å². The quantitative estimate of drug-likeness (QED) is 0.859. The van der Waals surface area contributed by atoms with Gasteiger partial charge in [0.1, 0.15) is 11.3 Å². The Balaban J connectivity index is 2.99. The van der Waals surface area contributed by atoms with Crippen molar-refractivity contribution < 1.29 is 23.0 Å². The van der Waals surface area contributed by atoms with Crippen molar-refractivity contribution in [1.82, 2.24) is 0 Å². The molecule has 0 heterocycles. The van der Waals surface area contributed by atoms with E-state index in [0.29, 0.717) is 17.7 Å². The molecule has 2 nitrogen and oxygen atoms in total. The normalized spacial score (nSPS) is 13.3.